The highest BCUT2D eigenvalue weighted by Gasteiger charge is 2.23. The van der Waals surface area contributed by atoms with Crippen LogP contribution in [-0.2, 0) is 6.42 Å². The number of aryl methyl sites for hydroxylation is 3. The van der Waals surface area contributed by atoms with E-state index in [1.165, 1.54) is 55.2 Å². The van der Waals surface area contributed by atoms with E-state index in [0.717, 1.165) is 18.5 Å². The Bertz CT molecular complexity index is 391. The molecule has 106 valence electrons. The van der Waals surface area contributed by atoms with Crippen LogP contribution in [0, 0.1) is 19.8 Å². The maximum Gasteiger partial charge on any atom is 0.00983 e. The fourth-order valence-corrected chi connectivity index (χ4v) is 3.41. The van der Waals surface area contributed by atoms with Gasteiger partial charge in [0.25, 0.3) is 0 Å². The molecule has 1 N–H and O–H groups in total. The lowest BCUT2D eigenvalue weighted by molar-refractivity contribution is 0.346. The van der Waals surface area contributed by atoms with Crippen LogP contribution in [0.3, 0.4) is 0 Å². The molecule has 0 spiro atoms. The van der Waals surface area contributed by atoms with Gasteiger partial charge < -0.3 is 5.32 Å². The van der Waals surface area contributed by atoms with Gasteiger partial charge in [-0.3, -0.25) is 0 Å². The third-order valence-corrected chi connectivity index (χ3v) is 4.75. The fraction of sp³-hybridized carbons (Fsp3) is 0.667. The average Bonchev–Trinajstić information content (AvgIpc) is 2.92. The zero-order valence-electron chi connectivity index (χ0n) is 12.8. The van der Waals surface area contributed by atoms with E-state index in [0.29, 0.717) is 0 Å². The van der Waals surface area contributed by atoms with Gasteiger partial charge in [-0.25, -0.2) is 0 Å². The summed E-state index contributed by atoms with van der Waals surface area (Å²) in [5.41, 5.74) is 4.34. The van der Waals surface area contributed by atoms with Crippen molar-refractivity contribution in [2.45, 2.75) is 65.3 Å². The quantitative estimate of drug-likeness (QED) is 0.798. The van der Waals surface area contributed by atoms with Crippen LogP contribution in [0.15, 0.2) is 18.2 Å². The van der Waals surface area contributed by atoms with Crippen molar-refractivity contribution < 1.29 is 0 Å². The summed E-state index contributed by atoms with van der Waals surface area (Å²) in [5.74, 6) is 0.923. The second kappa shape index (κ2) is 7.09. The van der Waals surface area contributed by atoms with Crippen LogP contribution in [0.5, 0.6) is 0 Å². The van der Waals surface area contributed by atoms with Crippen molar-refractivity contribution in [2.75, 3.05) is 6.54 Å². The molecule has 2 rings (SSSR count). The lowest BCUT2D eigenvalue weighted by Crippen LogP contribution is -2.35. The van der Waals surface area contributed by atoms with E-state index in [1.54, 1.807) is 0 Å². The van der Waals surface area contributed by atoms with E-state index in [-0.39, 0.29) is 0 Å². The summed E-state index contributed by atoms with van der Waals surface area (Å²) in [7, 11) is 0. The predicted molar refractivity (Wildman–Crippen MR) is 83.7 cm³/mol. The van der Waals surface area contributed by atoms with Crippen LogP contribution in [0.2, 0.25) is 0 Å². The largest absolute Gasteiger partial charge is 0.314 e. The second-order valence-electron chi connectivity index (χ2n) is 6.17. The standard InChI is InChI=1S/C18H29N/c1-4-19-18(17-7-5-6-8-17)12-11-16-10-9-14(2)15(3)13-16/h9-10,13,17-19H,4-8,11-12H2,1-3H3. The highest BCUT2D eigenvalue weighted by molar-refractivity contribution is 5.30. The summed E-state index contributed by atoms with van der Waals surface area (Å²) in [4.78, 5) is 0. The molecule has 1 heteroatoms. The molecule has 1 nitrogen and oxygen atoms in total. The van der Waals surface area contributed by atoms with Crippen molar-refractivity contribution in [1.82, 2.24) is 5.32 Å². The summed E-state index contributed by atoms with van der Waals surface area (Å²) in [6.07, 6.45) is 8.26. The Labute approximate surface area is 118 Å². The van der Waals surface area contributed by atoms with E-state index < -0.39 is 0 Å². The van der Waals surface area contributed by atoms with Gasteiger partial charge in [-0.05, 0) is 68.7 Å². The Balaban J connectivity index is 1.91. The van der Waals surface area contributed by atoms with Crippen LogP contribution in [-0.4, -0.2) is 12.6 Å². The number of hydrogen-bond acceptors (Lipinski definition) is 1. The summed E-state index contributed by atoms with van der Waals surface area (Å²) in [5, 5.41) is 3.72. The van der Waals surface area contributed by atoms with E-state index in [1.807, 2.05) is 0 Å². The van der Waals surface area contributed by atoms with Gasteiger partial charge in [0, 0.05) is 6.04 Å². The third kappa shape index (κ3) is 4.07. The highest BCUT2D eigenvalue weighted by atomic mass is 14.9. The fourth-order valence-electron chi connectivity index (χ4n) is 3.41. The predicted octanol–water partition coefficient (Wildman–Crippen LogP) is 4.40. The van der Waals surface area contributed by atoms with Crippen LogP contribution < -0.4 is 5.32 Å². The molecular formula is C18H29N. The Morgan fingerprint density at radius 2 is 1.89 bits per heavy atom. The lowest BCUT2D eigenvalue weighted by Gasteiger charge is -2.24. The number of benzene rings is 1. The zero-order valence-corrected chi connectivity index (χ0v) is 12.8. The van der Waals surface area contributed by atoms with Crippen molar-refractivity contribution in [2.24, 2.45) is 5.92 Å². The summed E-state index contributed by atoms with van der Waals surface area (Å²) in [6, 6.07) is 7.67. The lowest BCUT2D eigenvalue weighted by atomic mass is 9.92. The Hall–Kier alpha value is -0.820. The third-order valence-electron chi connectivity index (χ3n) is 4.75. The molecular weight excluding hydrogens is 230 g/mol. The van der Waals surface area contributed by atoms with Gasteiger partial charge in [0.1, 0.15) is 0 Å². The molecule has 0 aromatic heterocycles. The van der Waals surface area contributed by atoms with E-state index in [4.69, 9.17) is 0 Å². The minimum atomic E-state index is 0.731. The maximum atomic E-state index is 3.72. The molecule has 1 fully saturated rings. The molecule has 1 aromatic carbocycles. The van der Waals surface area contributed by atoms with E-state index >= 15 is 0 Å². The zero-order chi connectivity index (χ0) is 13.7. The molecule has 0 heterocycles. The number of rotatable bonds is 6. The Kier molecular flexibility index (Phi) is 5.45. The van der Waals surface area contributed by atoms with Gasteiger partial charge in [-0.2, -0.15) is 0 Å². The molecule has 1 aliphatic carbocycles. The first-order valence-corrected chi connectivity index (χ1v) is 8.00. The average molecular weight is 259 g/mol. The van der Waals surface area contributed by atoms with Gasteiger partial charge in [0.2, 0.25) is 0 Å². The molecule has 0 saturated heterocycles. The van der Waals surface area contributed by atoms with Gasteiger partial charge in [-0.1, -0.05) is 38.0 Å². The van der Waals surface area contributed by atoms with Crippen LogP contribution in [0.1, 0.15) is 55.7 Å². The molecule has 1 saturated carbocycles. The van der Waals surface area contributed by atoms with Crippen LogP contribution in [0.25, 0.3) is 0 Å². The molecule has 19 heavy (non-hydrogen) atoms. The molecule has 0 bridgehead atoms. The molecule has 1 unspecified atom stereocenters. The van der Waals surface area contributed by atoms with Crippen molar-refractivity contribution in [3.8, 4) is 0 Å². The second-order valence-corrected chi connectivity index (χ2v) is 6.17. The van der Waals surface area contributed by atoms with Gasteiger partial charge in [-0.15, -0.1) is 0 Å². The Morgan fingerprint density at radius 1 is 1.16 bits per heavy atom. The number of nitrogens with one attached hydrogen (secondary N) is 1. The molecule has 0 radical (unpaired) electrons. The van der Waals surface area contributed by atoms with Gasteiger partial charge >= 0.3 is 0 Å². The minimum Gasteiger partial charge on any atom is -0.314 e. The smallest absolute Gasteiger partial charge is 0.00983 e. The molecule has 0 amide bonds. The summed E-state index contributed by atoms with van der Waals surface area (Å²) in [6.45, 7) is 7.75. The maximum absolute atomic E-state index is 3.72. The van der Waals surface area contributed by atoms with Gasteiger partial charge in [0.05, 0.1) is 0 Å². The highest BCUT2D eigenvalue weighted by Crippen LogP contribution is 2.29. The minimum absolute atomic E-state index is 0.731. The Morgan fingerprint density at radius 3 is 2.53 bits per heavy atom. The van der Waals surface area contributed by atoms with E-state index in [9.17, 15) is 0 Å². The monoisotopic (exact) mass is 259 g/mol. The first kappa shape index (κ1) is 14.6. The van der Waals surface area contributed by atoms with Crippen LogP contribution >= 0.6 is 0 Å². The topological polar surface area (TPSA) is 12.0 Å². The molecule has 1 atom stereocenters. The molecule has 1 aromatic rings. The SMILES string of the molecule is CCNC(CCc1ccc(C)c(C)c1)C1CCCC1. The van der Waals surface area contributed by atoms with Crippen LogP contribution in [0.4, 0.5) is 0 Å². The van der Waals surface area contributed by atoms with Gasteiger partial charge in [0.15, 0.2) is 0 Å². The summed E-state index contributed by atoms with van der Waals surface area (Å²) >= 11 is 0. The van der Waals surface area contributed by atoms with E-state index in [2.05, 4.69) is 44.3 Å². The summed E-state index contributed by atoms with van der Waals surface area (Å²) < 4.78 is 0. The first-order chi connectivity index (χ1) is 9.20. The van der Waals surface area contributed by atoms with Crippen molar-refractivity contribution in [3.63, 3.8) is 0 Å². The first-order valence-electron chi connectivity index (χ1n) is 8.00. The van der Waals surface area contributed by atoms with Crippen molar-refractivity contribution in [3.05, 3.63) is 34.9 Å². The molecule has 0 aliphatic heterocycles. The number of hydrogen-bond donors (Lipinski definition) is 1. The molecule has 1 aliphatic rings. The van der Waals surface area contributed by atoms with Crippen molar-refractivity contribution >= 4 is 0 Å². The normalized spacial score (nSPS) is 17.8. The van der Waals surface area contributed by atoms with Crippen molar-refractivity contribution in [1.29, 1.82) is 0 Å².